The Balaban J connectivity index is 0. The Morgan fingerprint density at radius 3 is 2.52 bits per heavy atom. The lowest BCUT2D eigenvalue weighted by Gasteiger charge is -2.12. The molecule has 0 radical (unpaired) electrons. The van der Waals surface area contributed by atoms with Crippen LogP contribution < -0.4 is 10.6 Å². The van der Waals surface area contributed by atoms with Gasteiger partial charge in [0.05, 0.1) is 19.8 Å². The van der Waals surface area contributed by atoms with Crippen molar-refractivity contribution < 1.29 is 14.3 Å². The summed E-state index contributed by atoms with van der Waals surface area (Å²) in [5, 5.41) is 6.04. The van der Waals surface area contributed by atoms with Crippen LogP contribution in [0.2, 0.25) is 0 Å². The van der Waals surface area contributed by atoms with E-state index < -0.39 is 0 Å². The summed E-state index contributed by atoms with van der Waals surface area (Å²) in [6, 6.07) is 0.530. The molecule has 0 heterocycles. The third-order valence-corrected chi connectivity index (χ3v) is 5.07. The number of hydrogen-bond donors (Lipinski definition) is 2. The average Bonchev–Trinajstić information content (AvgIpc) is 2.59. The summed E-state index contributed by atoms with van der Waals surface area (Å²) in [5.41, 5.74) is 0.112. The van der Waals surface area contributed by atoms with Gasteiger partial charge in [0.2, 0.25) is 5.91 Å². The number of nitrogens with one attached hydrogen (secondary N) is 2. The zero-order chi connectivity index (χ0) is 19.3. The van der Waals surface area contributed by atoms with E-state index in [0.29, 0.717) is 25.8 Å². The highest BCUT2D eigenvalue weighted by atomic mass is 33.1. The molecule has 0 aliphatic carbocycles. The Hall–Kier alpha value is -0.390. The van der Waals surface area contributed by atoms with Gasteiger partial charge in [-0.25, -0.2) is 0 Å². The zero-order valence-corrected chi connectivity index (χ0v) is 18.3. The monoisotopic (exact) mass is 392 g/mol. The van der Waals surface area contributed by atoms with Crippen LogP contribution >= 0.6 is 21.6 Å². The largest absolute Gasteiger partial charge is 0.369 e. The fourth-order valence-corrected chi connectivity index (χ4v) is 3.30. The zero-order valence-electron chi connectivity index (χ0n) is 16.6. The first-order valence-electron chi connectivity index (χ1n) is 8.99. The van der Waals surface area contributed by atoms with Crippen molar-refractivity contribution in [2.45, 2.75) is 59.4 Å². The molecule has 1 atom stereocenters. The normalized spacial score (nSPS) is 11.2. The maximum atomic E-state index is 11.4. The minimum atomic E-state index is -0.147. The van der Waals surface area contributed by atoms with E-state index in [9.17, 15) is 4.79 Å². The molecule has 25 heavy (non-hydrogen) atoms. The second-order valence-corrected chi connectivity index (χ2v) is 7.79. The van der Waals surface area contributed by atoms with Crippen molar-refractivity contribution in [1.29, 1.82) is 0 Å². The third-order valence-electron chi connectivity index (χ3n) is 2.43. The van der Waals surface area contributed by atoms with Crippen molar-refractivity contribution in [3.8, 4) is 11.8 Å². The maximum Gasteiger partial charge on any atom is 0.246 e. The Morgan fingerprint density at radius 2 is 1.88 bits per heavy atom. The lowest BCUT2D eigenvalue weighted by Crippen LogP contribution is -2.28. The van der Waals surface area contributed by atoms with Gasteiger partial charge >= 0.3 is 0 Å². The second kappa shape index (κ2) is 21.7. The van der Waals surface area contributed by atoms with E-state index in [0.717, 1.165) is 18.7 Å². The Kier molecular flexibility index (Phi) is 23.2. The van der Waals surface area contributed by atoms with Gasteiger partial charge in [0.25, 0.3) is 0 Å². The average molecular weight is 393 g/mol. The molecule has 1 unspecified atom stereocenters. The molecule has 7 heteroatoms. The number of rotatable bonds is 13. The minimum Gasteiger partial charge on any atom is -0.369 e. The van der Waals surface area contributed by atoms with E-state index in [2.05, 4.69) is 36.3 Å². The van der Waals surface area contributed by atoms with Crippen LogP contribution in [-0.2, 0) is 14.3 Å². The number of hydrogen-bond acceptors (Lipinski definition) is 6. The van der Waals surface area contributed by atoms with Crippen molar-refractivity contribution in [2.24, 2.45) is 0 Å². The summed E-state index contributed by atoms with van der Waals surface area (Å²) in [6.07, 6.45) is 0.798. The molecule has 0 aromatic heterocycles. The van der Waals surface area contributed by atoms with Crippen LogP contribution in [0, 0.1) is 11.8 Å². The van der Waals surface area contributed by atoms with Crippen molar-refractivity contribution in [3.63, 3.8) is 0 Å². The fraction of sp³-hybridized carbons (Fsp3) is 0.833. The van der Waals surface area contributed by atoms with Gasteiger partial charge in [0.15, 0.2) is 0 Å². The SMILES string of the molecule is CC.CCC#CCNC(=O)COCCOC(C)SSCCNC(C)C. The molecule has 0 aliphatic rings. The molecular weight excluding hydrogens is 356 g/mol. The summed E-state index contributed by atoms with van der Waals surface area (Å²) in [6.45, 7) is 14.6. The van der Waals surface area contributed by atoms with E-state index in [1.54, 1.807) is 21.6 Å². The van der Waals surface area contributed by atoms with Crippen LogP contribution in [0.3, 0.4) is 0 Å². The quantitative estimate of drug-likeness (QED) is 0.217. The molecule has 0 saturated heterocycles. The molecule has 0 saturated carbocycles. The van der Waals surface area contributed by atoms with Crippen LogP contribution in [0.25, 0.3) is 0 Å². The molecule has 0 bridgehead atoms. The molecule has 0 fully saturated rings. The van der Waals surface area contributed by atoms with Gasteiger partial charge in [0, 0.05) is 24.8 Å². The lowest BCUT2D eigenvalue weighted by atomic mass is 10.4. The first kappa shape index (κ1) is 26.8. The molecule has 5 nitrogen and oxygen atoms in total. The molecule has 148 valence electrons. The molecule has 0 aromatic carbocycles. The summed E-state index contributed by atoms with van der Waals surface area (Å²) < 4.78 is 10.9. The second-order valence-electron chi connectivity index (χ2n) is 5.00. The summed E-state index contributed by atoms with van der Waals surface area (Å²) in [4.78, 5) is 11.4. The molecule has 2 N–H and O–H groups in total. The number of amides is 1. The maximum absolute atomic E-state index is 11.4. The van der Waals surface area contributed by atoms with E-state index >= 15 is 0 Å². The van der Waals surface area contributed by atoms with Gasteiger partial charge in [0.1, 0.15) is 12.0 Å². The predicted octanol–water partition coefficient (Wildman–Crippen LogP) is 3.30. The van der Waals surface area contributed by atoms with Crippen LogP contribution in [0.15, 0.2) is 0 Å². The molecule has 0 rings (SSSR count). The van der Waals surface area contributed by atoms with Gasteiger partial charge in [-0.2, -0.15) is 0 Å². The molecule has 1 amide bonds. The smallest absolute Gasteiger partial charge is 0.246 e. The van der Waals surface area contributed by atoms with E-state index in [1.807, 2.05) is 27.7 Å². The molecule has 0 aromatic rings. The highest BCUT2D eigenvalue weighted by Gasteiger charge is 2.04. The predicted molar refractivity (Wildman–Crippen MR) is 112 cm³/mol. The van der Waals surface area contributed by atoms with Crippen LogP contribution in [0.5, 0.6) is 0 Å². The first-order valence-corrected chi connectivity index (χ1v) is 11.4. The fourth-order valence-electron chi connectivity index (χ4n) is 1.38. The van der Waals surface area contributed by atoms with Crippen molar-refractivity contribution in [1.82, 2.24) is 10.6 Å². The Morgan fingerprint density at radius 1 is 1.16 bits per heavy atom. The number of carbonyl (C=O) groups excluding carboxylic acids is 1. The van der Waals surface area contributed by atoms with Crippen LogP contribution in [-0.4, -0.2) is 56.0 Å². The van der Waals surface area contributed by atoms with Gasteiger partial charge in [-0.3, -0.25) is 4.79 Å². The van der Waals surface area contributed by atoms with E-state index in [-0.39, 0.29) is 18.0 Å². The topological polar surface area (TPSA) is 59.6 Å². The van der Waals surface area contributed by atoms with Gasteiger partial charge < -0.3 is 20.1 Å². The van der Waals surface area contributed by atoms with Crippen LogP contribution in [0.1, 0.15) is 48.0 Å². The molecule has 0 spiro atoms. The Bertz CT molecular complexity index is 358. The standard InChI is InChI=1S/C16H30N2O3S2.C2H6/c1-5-6-7-8-18-16(19)13-20-10-11-21-15(4)23-22-12-9-17-14(2)3;1-2/h14-15,17H,5,8-13H2,1-4H3,(H,18,19);1-2H3. The summed E-state index contributed by atoms with van der Waals surface area (Å²) >= 11 is 0. The Labute approximate surface area is 162 Å². The lowest BCUT2D eigenvalue weighted by molar-refractivity contribution is -0.126. The summed E-state index contributed by atoms with van der Waals surface area (Å²) in [5.74, 6) is 6.64. The first-order chi connectivity index (χ1) is 12.1. The third kappa shape index (κ3) is 23.6. The van der Waals surface area contributed by atoms with Crippen molar-refractivity contribution in [3.05, 3.63) is 0 Å². The number of ether oxygens (including phenoxy) is 2. The highest BCUT2D eigenvalue weighted by molar-refractivity contribution is 8.76. The van der Waals surface area contributed by atoms with Gasteiger partial charge in [-0.1, -0.05) is 62.1 Å². The van der Waals surface area contributed by atoms with E-state index in [1.165, 1.54) is 0 Å². The van der Waals surface area contributed by atoms with Crippen LogP contribution in [0.4, 0.5) is 0 Å². The van der Waals surface area contributed by atoms with Crippen molar-refractivity contribution >= 4 is 27.5 Å². The minimum absolute atomic E-state index is 0.0499. The number of carbonyl (C=O) groups is 1. The molecular formula is C18H36N2O3S2. The van der Waals surface area contributed by atoms with Gasteiger partial charge in [-0.15, -0.1) is 5.92 Å². The highest BCUT2D eigenvalue weighted by Crippen LogP contribution is 2.26. The van der Waals surface area contributed by atoms with Crippen molar-refractivity contribution in [2.75, 3.05) is 38.7 Å². The molecule has 0 aliphatic heterocycles. The van der Waals surface area contributed by atoms with E-state index in [4.69, 9.17) is 9.47 Å². The van der Waals surface area contributed by atoms with Gasteiger partial charge in [-0.05, 0) is 6.92 Å². The summed E-state index contributed by atoms with van der Waals surface area (Å²) in [7, 11) is 3.51.